The molecule has 0 radical (unpaired) electrons. The highest BCUT2D eigenvalue weighted by Crippen LogP contribution is 2.15. The fraction of sp³-hybridized carbons (Fsp3) is 0.429. The number of hydrogen-bond acceptors (Lipinski definition) is 5. The molecule has 0 aliphatic carbocycles. The topological polar surface area (TPSA) is 70.1 Å². The Hall–Kier alpha value is -1.17. The van der Waals surface area contributed by atoms with Gasteiger partial charge in [-0.05, 0) is 6.92 Å². The number of nitrogen functional groups attached to an aromatic ring is 1. The van der Waals surface area contributed by atoms with Gasteiger partial charge in [-0.25, -0.2) is 9.78 Å². The second kappa shape index (κ2) is 3.69. The Bertz CT molecular complexity index is 335. The summed E-state index contributed by atoms with van der Waals surface area (Å²) in [6.07, 6.45) is 0. The van der Waals surface area contributed by atoms with Gasteiger partial charge in [0.2, 0.25) is 0 Å². The van der Waals surface area contributed by atoms with Gasteiger partial charge in [0.25, 0.3) is 0 Å². The third kappa shape index (κ3) is 1.77. The molecule has 0 fully saturated rings. The van der Waals surface area contributed by atoms with Crippen LogP contribution < -0.4 is 5.73 Å². The Labute approximate surface area is 81.3 Å². The molecule has 0 atom stereocenters. The average Bonchev–Trinajstić information content (AvgIpc) is 2.27. The van der Waals surface area contributed by atoms with E-state index in [-0.39, 0.29) is 11.5 Å². The minimum absolute atomic E-state index is 0.144. The third-order valence-corrected chi connectivity index (χ3v) is 1.97. The lowest BCUT2D eigenvalue weighted by Gasteiger charge is -2.02. The van der Waals surface area contributed by atoms with Gasteiger partial charge in [0.1, 0.15) is 0 Å². The van der Waals surface area contributed by atoms with Crippen LogP contribution in [0.2, 0.25) is 0 Å². The maximum absolute atomic E-state index is 11.3. The summed E-state index contributed by atoms with van der Waals surface area (Å²) in [7, 11) is 1.65. The van der Waals surface area contributed by atoms with Crippen molar-refractivity contribution in [2.24, 2.45) is 7.05 Å². The summed E-state index contributed by atoms with van der Waals surface area (Å²) in [5.41, 5.74) is 5.73. The van der Waals surface area contributed by atoms with Crippen LogP contribution in [0, 0.1) is 0 Å². The highest BCUT2D eigenvalue weighted by Gasteiger charge is 2.18. The quantitative estimate of drug-likeness (QED) is 0.539. The first-order chi connectivity index (χ1) is 6.07. The molecule has 0 spiro atoms. The number of aromatic nitrogens is 2. The lowest BCUT2D eigenvalue weighted by atomic mass is 10.4. The van der Waals surface area contributed by atoms with Gasteiger partial charge in [0.15, 0.2) is 16.7 Å². The summed E-state index contributed by atoms with van der Waals surface area (Å²) in [4.78, 5) is 15.1. The molecule has 0 aliphatic heterocycles. The van der Waals surface area contributed by atoms with Crippen molar-refractivity contribution in [3.63, 3.8) is 0 Å². The van der Waals surface area contributed by atoms with Crippen molar-refractivity contribution in [3.05, 3.63) is 5.69 Å². The Balaban J connectivity index is 3.06. The minimum atomic E-state index is -0.477. The van der Waals surface area contributed by atoms with Crippen LogP contribution in [0.4, 0.5) is 5.82 Å². The fourth-order valence-electron chi connectivity index (χ4n) is 0.948. The third-order valence-electron chi connectivity index (χ3n) is 1.57. The Kier molecular flexibility index (Phi) is 2.82. The Morgan fingerprint density at radius 3 is 2.77 bits per heavy atom. The normalized spacial score (nSPS) is 10.1. The highest BCUT2D eigenvalue weighted by molar-refractivity contribution is 7.80. The second-order valence-corrected chi connectivity index (χ2v) is 2.83. The number of ether oxygens (including phenoxy) is 1. The predicted octanol–water partition coefficient (Wildman–Crippen LogP) is 0.468. The predicted molar refractivity (Wildman–Crippen MR) is 50.8 cm³/mol. The van der Waals surface area contributed by atoms with Gasteiger partial charge in [-0.15, -0.1) is 12.6 Å². The molecular formula is C7H11N3O2S. The molecule has 72 valence electrons. The molecule has 5 nitrogen and oxygen atoms in total. The molecule has 6 heteroatoms. The molecule has 1 rings (SSSR count). The van der Waals surface area contributed by atoms with Crippen molar-refractivity contribution in [1.29, 1.82) is 0 Å². The number of esters is 1. The Morgan fingerprint density at radius 2 is 2.38 bits per heavy atom. The van der Waals surface area contributed by atoms with E-state index >= 15 is 0 Å². The van der Waals surface area contributed by atoms with Crippen molar-refractivity contribution < 1.29 is 9.53 Å². The molecule has 2 N–H and O–H groups in total. The number of carbonyl (C=O) groups is 1. The fourth-order valence-corrected chi connectivity index (χ4v) is 1.16. The van der Waals surface area contributed by atoms with Crippen LogP contribution in [0.3, 0.4) is 0 Å². The molecule has 0 aromatic carbocycles. The van der Waals surface area contributed by atoms with E-state index in [1.54, 1.807) is 14.0 Å². The summed E-state index contributed by atoms with van der Waals surface area (Å²) in [6.45, 7) is 2.04. The van der Waals surface area contributed by atoms with Crippen molar-refractivity contribution in [2.75, 3.05) is 12.3 Å². The van der Waals surface area contributed by atoms with E-state index in [2.05, 4.69) is 17.6 Å². The summed E-state index contributed by atoms with van der Waals surface area (Å²) in [5, 5.41) is 0.389. The molecule has 0 amide bonds. The number of carbonyl (C=O) groups excluding carboxylic acids is 1. The smallest absolute Gasteiger partial charge is 0.358 e. The lowest BCUT2D eigenvalue weighted by molar-refractivity contribution is 0.0515. The van der Waals surface area contributed by atoms with Crippen molar-refractivity contribution in [2.45, 2.75) is 12.1 Å². The van der Waals surface area contributed by atoms with Gasteiger partial charge < -0.3 is 15.0 Å². The number of thiol groups is 1. The summed E-state index contributed by atoms with van der Waals surface area (Å²) in [5.74, 6) is -0.332. The summed E-state index contributed by atoms with van der Waals surface area (Å²) < 4.78 is 6.27. The maximum Gasteiger partial charge on any atom is 0.358 e. The van der Waals surface area contributed by atoms with Crippen LogP contribution in [-0.2, 0) is 11.8 Å². The van der Waals surface area contributed by atoms with Crippen LogP contribution in [0.15, 0.2) is 5.16 Å². The van der Waals surface area contributed by atoms with E-state index in [0.29, 0.717) is 11.8 Å². The van der Waals surface area contributed by atoms with E-state index in [9.17, 15) is 4.79 Å². The van der Waals surface area contributed by atoms with Gasteiger partial charge in [-0.3, -0.25) is 0 Å². The van der Waals surface area contributed by atoms with E-state index in [1.807, 2.05) is 0 Å². The minimum Gasteiger partial charge on any atom is -0.461 e. The zero-order chi connectivity index (χ0) is 10.0. The van der Waals surface area contributed by atoms with Crippen LogP contribution in [0.5, 0.6) is 0 Å². The van der Waals surface area contributed by atoms with Crippen LogP contribution in [0.1, 0.15) is 17.4 Å². The van der Waals surface area contributed by atoms with Crippen LogP contribution in [0.25, 0.3) is 0 Å². The van der Waals surface area contributed by atoms with Crippen LogP contribution >= 0.6 is 12.6 Å². The largest absolute Gasteiger partial charge is 0.461 e. The lowest BCUT2D eigenvalue weighted by Crippen LogP contribution is -2.12. The molecule has 0 saturated heterocycles. The zero-order valence-electron chi connectivity index (χ0n) is 7.44. The highest BCUT2D eigenvalue weighted by atomic mass is 32.1. The summed E-state index contributed by atoms with van der Waals surface area (Å²) >= 11 is 4.02. The van der Waals surface area contributed by atoms with Gasteiger partial charge in [-0.1, -0.05) is 0 Å². The Morgan fingerprint density at radius 1 is 1.77 bits per heavy atom. The molecular weight excluding hydrogens is 190 g/mol. The van der Waals surface area contributed by atoms with E-state index in [1.165, 1.54) is 4.57 Å². The standard InChI is InChI=1S/C7H11N3O2S/c1-3-12-6(11)4-5(8)9-7(13)10(4)2/h3,8H2,1-2H3,(H,9,13). The molecule has 1 aromatic rings. The van der Waals surface area contributed by atoms with E-state index in [4.69, 9.17) is 10.5 Å². The number of nitrogens with zero attached hydrogens (tertiary/aromatic N) is 2. The van der Waals surface area contributed by atoms with Gasteiger partial charge in [0, 0.05) is 7.05 Å². The molecule has 1 heterocycles. The van der Waals surface area contributed by atoms with E-state index in [0.717, 1.165) is 0 Å². The first-order valence-electron chi connectivity index (χ1n) is 3.76. The zero-order valence-corrected chi connectivity index (χ0v) is 8.34. The molecule has 0 unspecified atom stereocenters. The average molecular weight is 201 g/mol. The number of rotatable bonds is 2. The molecule has 0 saturated carbocycles. The maximum atomic E-state index is 11.3. The number of nitrogens with two attached hydrogens (primary N) is 1. The second-order valence-electron chi connectivity index (χ2n) is 2.43. The molecule has 0 bridgehead atoms. The summed E-state index contributed by atoms with van der Waals surface area (Å²) in [6, 6.07) is 0. The van der Waals surface area contributed by atoms with Crippen molar-refractivity contribution in [1.82, 2.24) is 9.55 Å². The first kappa shape index (κ1) is 9.91. The van der Waals surface area contributed by atoms with Crippen molar-refractivity contribution >= 4 is 24.4 Å². The van der Waals surface area contributed by atoms with Gasteiger partial charge in [0.05, 0.1) is 6.61 Å². The monoisotopic (exact) mass is 201 g/mol. The first-order valence-corrected chi connectivity index (χ1v) is 4.21. The van der Waals surface area contributed by atoms with Gasteiger partial charge >= 0.3 is 5.97 Å². The van der Waals surface area contributed by atoms with E-state index < -0.39 is 5.97 Å². The molecule has 0 aliphatic rings. The SMILES string of the molecule is CCOC(=O)c1c(N)nc(S)n1C. The van der Waals surface area contributed by atoms with Crippen molar-refractivity contribution in [3.8, 4) is 0 Å². The van der Waals surface area contributed by atoms with Crippen LogP contribution in [-0.4, -0.2) is 22.1 Å². The number of anilines is 1. The van der Waals surface area contributed by atoms with Gasteiger partial charge in [-0.2, -0.15) is 0 Å². The number of hydrogen-bond donors (Lipinski definition) is 2. The molecule has 1 aromatic heterocycles. The number of imidazole rings is 1. The molecule has 13 heavy (non-hydrogen) atoms.